The molecule has 1 N–H and O–H groups in total. The van der Waals surface area contributed by atoms with Crippen LogP contribution in [0.4, 0.5) is 13.2 Å². The van der Waals surface area contributed by atoms with Gasteiger partial charge in [-0.3, -0.25) is 9.69 Å². The van der Waals surface area contributed by atoms with Gasteiger partial charge in [0.15, 0.2) is 0 Å². The molecule has 1 aliphatic rings. The number of carbonyl (C=O) groups excluding carboxylic acids is 1. The minimum atomic E-state index is -4.78. The van der Waals surface area contributed by atoms with Gasteiger partial charge in [0, 0.05) is 36.3 Å². The summed E-state index contributed by atoms with van der Waals surface area (Å²) in [6.45, 7) is 2.07. The summed E-state index contributed by atoms with van der Waals surface area (Å²) in [6.07, 6.45) is -4.03. The highest BCUT2D eigenvalue weighted by molar-refractivity contribution is 6.30. The Morgan fingerprint density at radius 2 is 1.83 bits per heavy atom. The van der Waals surface area contributed by atoms with Gasteiger partial charge in [0.2, 0.25) is 0 Å². The minimum absolute atomic E-state index is 0.0840. The third-order valence-electron chi connectivity index (χ3n) is 5.75. The number of hydrogen-bond acceptors (Lipinski definition) is 4. The van der Waals surface area contributed by atoms with Crippen molar-refractivity contribution in [2.24, 2.45) is 0 Å². The molecule has 3 aromatic rings. The summed E-state index contributed by atoms with van der Waals surface area (Å²) in [5.41, 5.74) is 3.86. The van der Waals surface area contributed by atoms with Crippen LogP contribution in [0.15, 0.2) is 66.7 Å². The lowest BCUT2D eigenvalue weighted by molar-refractivity contribution is -0.274. The Morgan fingerprint density at radius 1 is 1.11 bits per heavy atom. The van der Waals surface area contributed by atoms with Crippen LogP contribution in [-0.2, 0) is 6.54 Å². The van der Waals surface area contributed by atoms with Gasteiger partial charge in [-0.1, -0.05) is 29.8 Å². The average molecular weight is 500 g/mol. The van der Waals surface area contributed by atoms with E-state index in [-0.39, 0.29) is 23.3 Å². The second-order valence-electron chi connectivity index (χ2n) is 8.26. The number of carbonyl (C=O) groups is 1. The molecule has 1 atom stereocenters. The molecule has 1 saturated heterocycles. The zero-order valence-corrected chi connectivity index (χ0v) is 19.2. The Morgan fingerprint density at radius 3 is 2.49 bits per heavy atom. The number of alkyl halides is 3. The van der Waals surface area contributed by atoms with Gasteiger partial charge >= 0.3 is 6.36 Å². The van der Waals surface area contributed by atoms with Crippen molar-refractivity contribution < 1.29 is 22.7 Å². The third-order valence-corrected chi connectivity index (χ3v) is 5.98. The van der Waals surface area contributed by atoms with Gasteiger partial charge in [-0.05, 0) is 71.6 Å². The summed E-state index contributed by atoms with van der Waals surface area (Å²) in [5.74, 6) is -0.720. The highest BCUT2D eigenvalue weighted by Crippen LogP contribution is 2.29. The maximum Gasteiger partial charge on any atom is 0.573 e. The number of nitrogens with zero attached hydrogens (tertiary/aromatic N) is 2. The van der Waals surface area contributed by atoms with E-state index in [1.807, 2.05) is 30.3 Å². The largest absolute Gasteiger partial charge is 0.573 e. The van der Waals surface area contributed by atoms with Gasteiger partial charge in [0.1, 0.15) is 5.75 Å². The Balaban J connectivity index is 1.38. The predicted octanol–water partition coefficient (Wildman–Crippen LogP) is 5.78. The van der Waals surface area contributed by atoms with Crippen LogP contribution in [0.1, 0.15) is 27.9 Å². The molecular weight excluding hydrogens is 479 g/mol. The Bertz CT molecular complexity index is 1240. The van der Waals surface area contributed by atoms with Crippen LogP contribution in [0, 0.1) is 11.3 Å². The lowest BCUT2D eigenvalue weighted by atomic mass is 9.98. The number of amides is 1. The summed E-state index contributed by atoms with van der Waals surface area (Å²) in [6, 6.07) is 19.9. The van der Waals surface area contributed by atoms with Crippen molar-refractivity contribution >= 4 is 17.5 Å². The van der Waals surface area contributed by atoms with Crippen LogP contribution in [0.25, 0.3) is 11.1 Å². The molecule has 5 nitrogen and oxygen atoms in total. The number of rotatable bonds is 6. The fourth-order valence-electron chi connectivity index (χ4n) is 4.09. The van der Waals surface area contributed by atoms with E-state index in [4.69, 9.17) is 16.9 Å². The molecule has 1 fully saturated rings. The van der Waals surface area contributed by atoms with E-state index in [9.17, 15) is 18.0 Å². The molecule has 3 aromatic carbocycles. The quantitative estimate of drug-likeness (QED) is 0.467. The lowest BCUT2D eigenvalue weighted by Crippen LogP contribution is -2.37. The summed E-state index contributed by atoms with van der Waals surface area (Å²) in [7, 11) is 0. The number of benzene rings is 3. The number of ether oxygens (including phenoxy) is 1. The van der Waals surface area contributed by atoms with Crippen molar-refractivity contribution in [3.63, 3.8) is 0 Å². The molecule has 1 amide bonds. The first kappa shape index (κ1) is 24.6. The third kappa shape index (κ3) is 6.53. The van der Waals surface area contributed by atoms with Crippen LogP contribution in [0.5, 0.6) is 5.75 Å². The number of halogens is 4. The zero-order valence-electron chi connectivity index (χ0n) is 18.5. The van der Waals surface area contributed by atoms with E-state index in [0.29, 0.717) is 23.7 Å². The first-order chi connectivity index (χ1) is 16.7. The second-order valence-corrected chi connectivity index (χ2v) is 8.69. The van der Waals surface area contributed by atoms with Gasteiger partial charge in [-0.2, -0.15) is 5.26 Å². The molecule has 35 heavy (non-hydrogen) atoms. The van der Waals surface area contributed by atoms with E-state index < -0.39 is 6.36 Å². The normalized spacial score (nSPS) is 16.0. The minimum Gasteiger partial charge on any atom is -0.406 e. The van der Waals surface area contributed by atoms with Crippen molar-refractivity contribution in [2.45, 2.75) is 25.4 Å². The van der Waals surface area contributed by atoms with Gasteiger partial charge < -0.3 is 10.1 Å². The van der Waals surface area contributed by atoms with E-state index >= 15 is 0 Å². The molecule has 1 aliphatic heterocycles. The van der Waals surface area contributed by atoms with Crippen molar-refractivity contribution in [1.82, 2.24) is 10.2 Å². The molecule has 1 heterocycles. The Kier molecular flexibility index (Phi) is 7.29. The molecule has 0 radical (unpaired) electrons. The smallest absolute Gasteiger partial charge is 0.406 e. The first-order valence-corrected chi connectivity index (χ1v) is 11.3. The summed E-state index contributed by atoms with van der Waals surface area (Å²) >= 11 is 6.24. The Hall–Kier alpha value is -3.54. The van der Waals surface area contributed by atoms with E-state index in [1.165, 1.54) is 12.1 Å². The maximum atomic E-state index is 12.6. The maximum absolute atomic E-state index is 12.6. The molecule has 4 rings (SSSR count). The molecule has 0 bridgehead atoms. The molecule has 180 valence electrons. The van der Waals surface area contributed by atoms with Crippen LogP contribution < -0.4 is 10.1 Å². The highest BCUT2D eigenvalue weighted by Gasteiger charge is 2.31. The lowest BCUT2D eigenvalue weighted by Gasteiger charge is -2.19. The number of nitrogens with one attached hydrogen (secondary N) is 1. The second kappa shape index (κ2) is 10.4. The average Bonchev–Trinajstić information content (AvgIpc) is 3.26. The molecule has 0 aromatic heterocycles. The zero-order chi connectivity index (χ0) is 25.0. The molecular formula is C26H21ClF3N3O2. The van der Waals surface area contributed by atoms with E-state index in [0.717, 1.165) is 41.8 Å². The summed E-state index contributed by atoms with van der Waals surface area (Å²) in [5, 5.41) is 12.6. The van der Waals surface area contributed by atoms with E-state index in [2.05, 4.69) is 21.0 Å². The fourth-order valence-corrected chi connectivity index (χ4v) is 4.26. The summed E-state index contributed by atoms with van der Waals surface area (Å²) < 4.78 is 40.8. The van der Waals surface area contributed by atoms with Crippen molar-refractivity contribution in [3.8, 4) is 22.9 Å². The van der Waals surface area contributed by atoms with Gasteiger partial charge in [0.05, 0.1) is 11.6 Å². The molecule has 0 unspecified atom stereocenters. The molecule has 0 spiro atoms. The fraction of sp³-hybridized carbons (Fsp3) is 0.231. The van der Waals surface area contributed by atoms with Crippen LogP contribution in [-0.4, -0.2) is 36.3 Å². The molecule has 0 aliphatic carbocycles. The predicted molar refractivity (Wildman–Crippen MR) is 126 cm³/mol. The topological polar surface area (TPSA) is 65.4 Å². The van der Waals surface area contributed by atoms with Crippen LogP contribution >= 0.6 is 11.6 Å². The number of likely N-dealkylation sites (tertiary alicyclic amines) is 1. The SMILES string of the molecule is N#Cc1ccc(-c2cc(Cl)ccc2CN2CC[C@@H](NC(=O)c3ccc(OC(F)(F)F)cc3)C2)cc1. The number of nitriles is 1. The first-order valence-electron chi connectivity index (χ1n) is 10.9. The van der Waals surface area contributed by atoms with Crippen molar-refractivity contribution in [1.29, 1.82) is 5.26 Å². The molecule has 9 heteroatoms. The van der Waals surface area contributed by atoms with Crippen molar-refractivity contribution in [3.05, 3.63) is 88.4 Å². The van der Waals surface area contributed by atoms with Crippen LogP contribution in [0.3, 0.4) is 0 Å². The highest BCUT2D eigenvalue weighted by atomic mass is 35.5. The van der Waals surface area contributed by atoms with Gasteiger partial charge in [0.25, 0.3) is 5.91 Å². The van der Waals surface area contributed by atoms with Gasteiger partial charge in [-0.25, -0.2) is 0 Å². The van der Waals surface area contributed by atoms with Crippen LogP contribution in [0.2, 0.25) is 5.02 Å². The number of hydrogen-bond donors (Lipinski definition) is 1. The van der Waals surface area contributed by atoms with E-state index in [1.54, 1.807) is 12.1 Å². The Labute approximate surface area is 205 Å². The van der Waals surface area contributed by atoms with Crippen molar-refractivity contribution in [2.75, 3.05) is 13.1 Å². The molecule has 0 saturated carbocycles. The standard InChI is InChI=1S/C26H21ClF3N3O2/c27-21-8-5-20(24(13-21)18-3-1-17(14-31)2-4-18)15-33-12-11-22(16-33)32-25(34)19-6-9-23(10-7-19)35-26(28,29)30/h1-10,13,22H,11-12,15-16H2,(H,32,34)/t22-/m1/s1. The van der Waals surface area contributed by atoms with Gasteiger partial charge in [-0.15, -0.1) is 13.2 Å². The monoisotopic (exact) mass is 499 g/mol. The summed E-state index contributed by atoms with van der Waals surface area (Å²) in [4.78, 5) is 14.8.